The minimum Gasteiger partial charge on any atom is -0.465 e. The van der Waals surface area contributed by atoms with E-state index in [2.05, 4.69) is 43.3 Å². The Morgan fingerprint density at radius 3 is 1.30 bits per heavy atom. The van der Waals surface area contributed by atoms with E-state index in [1.807, 2.05) is 61.5 Å². The van der Waals surface area contributed by atoms with Gasteiger partial charge in [0.05, 0.1) is 13.2 Å². The maximum Gasteiger partial charge on any atom is 0.305 e. The lowest BCUT2D eigenvalue weighted by atomic mass is 9.79. The number of esters is 1. The van der Waals surface area contributed by atoms with Gasteiger partial charge in [-0.1, -0.05) is 195 Å². The van der Waals surface area contributed by atoms with Gasteiger partial charge in [-0.2, -0.15) is 0 Å². The van der Waals surface area contributed by atoms with Crippen LogP contribution in [0, 0.1) is 5.41 Å². The van der Waals surface area contributed by atoms with Crippen molar-refractivity contribution in [1.29, 1.82) is 0 Å². The van der Waals surface area contributed by atoms with Crippen molar-refractivity contribution in [1.82, 2.24) is 0 Å². The summed E-state index contributed by atoms with van der Waals surface area (Å²) < 4.78 is 12.6. The van der Waals surface area contributed by atoms with Crippen LogP contribution in [0.1, 0.15) is 133 Å². The number of ether oxygens (including phenoxy) is 2. The zero-order valence-corrected chi connectivity index (χ0v) is 28.8. The van der Waals surface area contributed by atoms with Crippen LogP contribution in [0.5, 0.6) is 0 Å². The van der Waals surface area contributed by atoms with Crippen LogP contribution in [0.4, 0.5) is 0 Å². The van der Waals surface area contributed by atoms with Crippen LogP contribution in [0.3, 0.4) is 0 Å². The molecule has 4 nitrogen and oxygen atoms in total. The first-order chi connectivity index (χ1) is 22.5. The zero-order valence-electron chi connectivity index (χ0n) is 28.8. The van der Waals surface area contributed by atoms with Crippen LogP contribution in [0.15, 0.2) is 91.0 Å². The van der Waals surface area contributed by atoms with Gasteiger partial charge in [0.15, 0.2) is 0 Å². The van der Waals surface area contributed by atoms with Crippen molar-refractivity contribution in [3.8, 4) is 0 Å². The third-order valence-electron chi connectivity index (χ3n) is 9.13. The molecule has 0 saturated carbocycles. The summed E-state index contributed by atoms with van der Waals surface area (Å²) in [6.07, 6.45) is 19.9. The topological polar surface area (TPSA) is 55.8 Å². The molecule has 0 aliphatic rings. The van der Waals surface area contributed by atoms with Gasteiger partial charge in [0.1, 0.15) is 12.2 Å². The van der Waals surface area contributed by atoms with E-state index in [1.165, 1.54) is 83.5 Å². The number of aliphatic hydroxyl groups excluding tert-OH is 1. The predicted molar refractivity (Wildman–Crippen MR) is 191 cm³/mol. The van der Waals surface area contributed by atoms with Gasteiger partial charge in [-0.05, 0) is 23.1 Å². The molecular weight excluding hydrogens is 568 g/mol. The van der Waals surface area contributed by atoms with Gasteiger partial charge in [0, 0.05) is 11.8 Å². The summed E-state index contributed by atoms with van der Waals surface area (Å²) in [6.45, 7) is 4.34. The quantitative estimate of drug-likeness (QED) is 0.0576. The average Bonchev–Trinajstić information content (AvgIpc) is 3.11. The normalized spacial score (nSPS) is 12.9. The molecule has 1 atom stereocenters. The molecule has 3 aromatic rings. The van der Waals surface area contributed by atoms with Crippen molar-refractivity contribution in [3.63, 3.8) is 0 Å². The Balaban J connectivity index is 1.42. The van der Waals surface area contributed by atoms with E-state index < -0.39 is 11.0 Å². The van der Waals surface area contributed by atoms with Gasteiger partial charge in [0.25, 0.3) is 0 Å². The van der Waals surface area contributed by atoms with E-state index >= 15 is 0 Å². The lowest BCUT2D eigenvalue weighted by Gasteiger charge is -2.39. The number of aliphatic hydroxyl groups is 1. The highest BCUT2D eigenvalue weighted by Crippen LogP contribution is 2.41. The number of unbranched alkanes of at least 4 members (excludes halogenated alkanes) is 14. The molecule has 46 heavy (non-hydrogen) atoms. The third kappa shape index (κ3) is 12.7. The SMILES string of the molecule is CCCCCCCCCCCCCCCCCC(=O)OCC(C)(CO)COC(c1ccccc1)(c1ccccc1)c1ccccc1. The number of carbonyl (C=O) groups excluding carboxylic acids is 1. The van der Waals surface area contributed by atoms with Gasteiger partial charge in [-0.3, -0.25) is 4.79 Å². The molecular formula is C42H60O4. The Morgan fingerprint density at radius 2 is 0.935 bits per heavy atom. The molecule has 3 rings (SSSR count). The number of hydrogen-bond acceptors (Lipinski definition) is 4. The van der Waals surface area contributed by atoms with Crippen molar-refractivity contribution in [3.05, 3.63) is 108 Å². The highest BCUT2D eigenvalue weighted by atomic mass is 16.5. The molecule has 0 aliphatic heterocycles. The summed E-state index contributed by atoms with van der Waals surface area (Å²) >= 11 is 0. The number of benzene rings is 3. The highest BCUT2D eigenvalue weighted by Gasteiger charge is 2.40. The van der Waals surface area contributed by atoms with Crippen LogP contribution >= 0.6 is 0 Å². The van der Waals surface area contributed by atoms with Gasteiger partial charge < -0.3 is 14.6 Å². The first-order valence-electron chi connectivity index (χ1n) is 18.1. The number of hydrogen-bond donors (Lipinski definition) is 1. The second kappa shape index (κ2) is 21.8. The molecule has 0 amide bonds. The van der Waals surface area contributed by atoms with Gasteiger partial charge in [-0.25, -0.2) is 0 Å². The zero-order chi connectivity index (χ0) is 32.8. The average molecular weight is 629 g/mol. The number of rotatable bonds is 25. The molecule has 0 bridgehead atoms. The summed E-state index contributed by atoms with van der Waals surface area (Å²) in [4.78, 5) is 12.7. The van der Waals surface area contributed by atoms with E-state index in [4.69, 9.17) is 9.47 Å². The molecule has 0 aliphatic carbocycles. The van der Waals surface area contributed by atoms with Crippen molar-refractivity contribution in [2.45, 2.75) is 122 Å². The Hall–Kier alpha value is -2.95. The molecule has 1 unspecified atom stereocenters. The van der Waals surface area contributed by atoms with E-state index in [-0.39, 0.29) is 25.8 Å². The largest absolute Gasteiger partial charge is 0.465 e. The summed E-state index contributed by atoms with van der Waals surface area (Å²) in [5.41, 5.74) is 1.35. The molecule has 3 aromatic carbocycles. The summed E-state index contributed by atoms with van der Waals surface area (Å²) in [6, 6.07) is 30.6. The van der Waals surface area contributed by atoms with E-state index in [0.29, 0.717) is 6.42 Å². The highest BCUT2D eigenvalue weighted by molar-refractivity contribution is 5.69. The molecule has 4 heteroatoms. The lowest BCUT2D eigenvalue weighted by Crippen LogP contribution is -2.40. The third-order valence-corrected chi connectivity index (χ3v) is 9.13. The Bertz CT molecular complexity index is 1080. The predicted octanol–water partition coefficient (Wildman–Crippen LogP) is 10.8. The first kappa shape index (κ1) is 37.5. The van der Waals surface area contributed by atoms with E-state index in [0.717, 1.165) is 29.5 Å². The summed E-state index contributed by atoms with van der Waals surface area (Å²) in [7, 11) is 0. The molecule has 0 heterocycles. The van der Waals surface area contributed by atoms with Gasteiger partial charge in [0.2, 0.25) is 0 Å². The van der Waals surface area contributed by atoms with Crippen LogP contribution in [0.25, 0.3) is 0 Å². The van der Waals surface area contributed by atoms with Gasteiger partial charge >= 0.3 is 5.97 Å². The smallest absolute Gasteiger partial charge is 0.305 e. The van der Waals surface area contributed by atoms with Gasteiger partial charge in [-0.15, -0.1) is 0 Å². The minimum absolute atomic E-state index is 0.107. The molecule has 0 radical (unpaired) electrons. The van der Waals surface area contributed by atoms with Crippen LogP contribution < -0.4 is 0 Å². The van der Waals surface area contributed by atoms with Crippen molar-refractivity contribution < 1.29 is 19.4 Å². The van der Waals surface area contributed by atoms with Crippen molar-refractivity contribution >= 4 is 5.97 Å². The first-order valence-corrected chi connectivity index (χ1v) is 18.1. The lowest BCUT2D eigenvalue weighted by molar-refractivity contribution is -0.151. The second-order valence-electron chi connectivity index (χ2n) is 13.4. The van der Waals surface area contributed by atoms with Crippen LogP contribution in [0.2, 0.25) is 0 Å². The monoisotopic (exact) mass is 628 g/mol. The Labute approximate surface area is 279 Å². The fraction of sp³-hybridized carbons (Fsp3) is 0.548. The minimum atomic E-state index is -0.891. The van der Waals surface area contributed by atoms with Crippen LogP contribution in [-0.4, -0.2) is 30.9 Å². The molecule has 0 saturated heterocycles. The van der Waals surface area contributed by atoms with E-state index in [9.17, 15) is 9.90 Å². The maximum absolute atomic E-state index is 12.7. The summed E-state index contributed by atoms with van der Waals surface area (Å²) in [5, 5.41) is 10.5. The van der Waals surface area contributed by atoms with Crippen LogP contribution in [-0.2, 0) is 19.9 Å². The molecule has 0 fully saturated rings. The molecule has 1 N–H and O–H groups in total. The standard InChI is InChI=1S/C42H60O4/c1-3-4-5-6-7-8-9-10-11-12-13-14-15-16-26-33-40(44)45-35-41(2,34-43)36-46-42(37-27-20-17-21-28-37,38-29-22-18-23-30-38)39-31-24-19-25-32-39/h17-25,27-32,43H,3-16,26,33-36H2,1-2H3. The number of carbonyl (C=O) groups is 1. The second-order valence-corrected chi connectivity index (χ2v) is 13.4. The molecule has 252 valence electrons. The summed E-state index contributed by atoms with van der Waals surface area (Å²) in [5.74, 6) is -0.199. The van der Waals surface area contributed by atoms with Crippen molar-refractivity contribution in [2.75, 3.05) is 19.8 Å². The Kier molecular flexibility index (Phi) is 17.8. The maximum atomic E-state index is 12.7. The molecule has 0 aromatic heterocycles. The molecule has 0 spiro atoms. The fourth-order valence-corrected chi connectivity index (χ4v) is 6.15. The fourth-order valence-electron chi connectivity index (χ4n) is 6.15. The van der Waals surface area contributed by atoms with Crippen molar-refractivity contribution in [2.24, 2.45) is 5.41 Å². The van der Waals surface area contributed by atoms with E-state index in [1.54, 1.807) is 0 Å². The Morgan fingerprint density at radius 1 is 0.565 bits per heavy atom.